The molecule has 3 aromatic rings. The first kappa shape index (κ1) is 26.6. The lowest BCUT2D eigenvalue weighted by Crippen LogP contribution is -2.50. The summed E-state index contributed by atoms with van der Waals surface area (Å²) in [5, 5.41) is 5.32. The lowest BCUT2D eigenvalue weighted by molar-refractivity contribution is -0.124. The number of thiophene rings is 1. The molecule has 1 aliphatic carbocycles. The van der Waals surface area contributed by atoms with Gasteiger partial charge in [-0.3, -0.25) is 14.5 Å². The molecule has 2 atom stereocenters. The van der Waals surface area contributed by atoms with Gasteiger partial charge in [-0.05, 0) is 61.7 Å². The fourth-order valence-electron chi connectivity index (χ4n) is 6.12. The van der Waals surface area contributed by atoms with Crippen molar-refractivity contribution in [2.45, 2.75) is 76.5 Å². The number of amides is 2. The van der Waals surface area contributed by atoms with Gasteiger partial charge in [0, 0.05) is 42.2 Å². The minimum absolute atomic E-state index is 0.0190. The predicted octanol–water partition coefficient (Wildman–Crippen LogP) is 6.39. The van der Waals surface area contributed by atoms with E-state index in [0.717, 1.165) is 55.6 Å². The minimum Gasteiger partial charge on any atom is -0.355 e. The summed E-state index contributed by atoms with van der Waals surface area (Å²) in [5.74, 6) is -0.317. The Balaban J connectivity index is 1.33. The third-order valence-corrected chi connectivity index (χ3v) is 9.03. The van der Waals surface area contributed by atoms with Crippen LogP contribution in [0, 0.1) is 0 Å². The summed E-state index contributed by atoms with van der Waals surface area (Å²) in [4.78, 5) is 33.4. The number of hydrogen-bond donors (Lipinski definition) is 1. The van der Waals surface area contributed by atoms with Crippen LogP contribution in [0.1, 0.15) is 84.3 Å². The molecule has 200 valence electrons. The number of carbonyl (C=O) groups excluding carboxylic acids is 2. The highest BCUT2D eigenvalue weighted by molar-refractivity contribution is 7.10. The lowest BCUT2D eigenvalue weighted by atomic mass is 9.80. The molecule has 2 amide bonds. The molecule has 1 aromatic heterocycles. The maximum Gasteiger partial charge on any atom is 0.254 e. The average Bonchev–Trinajstić information content (AvgIpc) is 3.66. The average molecular weight is 530 g/mol. The summed E-state index contributed by atoms with van der Waals surface area (Å²) < 4.78 is 0. The molecule has 5 nitrogen and oxygen atoms in total. The van der Waals surface area contributed by atoms with Crippen LogP contribution in [0.2, 0.25) is 0 Å². The van der Waals surface area contributed by atoms with Crippen LogP contribution in [0.15, 0.2) is 72.1 Å². The first-order valence-corrected chi connectivity index (χ1v) is 14.9. The molecule has 38 heavy (non-hydrogen) atoms. The number of benzene rings is 2. The molecule has 0 unspecified atom stereocenters. The van der Waals surface area contributed by atoms with Gasteiger partial charge in [0.2, 0.25) is 5.91 Å². The van der Waals surface area contributed by atoms with Crippen molar-refractivity contribution >= 4 is 23.2 Å². The van der Waals surface area contributed by atoms with E-state index in [9.17, 15) is 9.59 Å². The number of fused-ring (bicyclic) bond motifs is 1. The minimum atomic E-state index is -0.409. The molecule has 5 rings (SSSR count). The number of nitrogens with one attached hydrogen (secondary N) is 1. The van der Waals surface area contributed by atoms with Crippen LogP contribution >= 0.6 is 11.3 Å². The Labute approximate surface area is 230 Å². The van der Waals surface area contributed by atoms with E-state index in [4.69, 9.17) is 0 Å². The largest absolute Gasteiger partial charge is 0.355 e. The smallest absolute Gasteiger partial charge is 0.254 e. The second-order valence-corrected chi connectivity index (χ2v) is 11.8. The molecular weight excluding hydrogens is 490 g/mol. The Hall–Kier alpha value is -2.96. The molecule has 2 aliphatic rings. The third-order valence-electron chi connectivity index (χ3n) is 8.09. The van der Waals surface area contributed by atoms with Crippen LogP contribution in [0.5, 0.6) is 0 Å². The van der Waals surface area contributed by atoms with Crippen LogP contribution in [0.4, 0.5) is 0 Å². The quantitative estimate of drug-likeness (QED) is 0.310. The van der Waals surface area contributed by atoms with Crippen LogP contribution in [0.25, 0.3) is 0 Å². The fourth-order valence-corrected chi connectivity index (χ4v) is 6.98. The Kier molecular flexibility index (Phi) is 8.60. The van der Waals surface area contributed by atoms with E-state index in [1.807, 2.05) is 36.4 Å². The Morgan fingerprint density at radius 3 is 2.47 bits per heavy atom. The van der Waals surface area contributed by atoms with Crippen molar-refractivity contribution in [2.75, 3.05) is 13.1 Å². The van der Waals surface area contributed by atoms with E-state index < -0.39 is 5.92 Å². The summed E-state index contributed by atoms with van der Waals surface area (Å²) in [6, 6.07) is 22.8. The molecule has 6 heteroatoms. The lowest BCUT2D eigenvalue weighted by Gasteiger charge is -2.44. The molecule has 0 saturated heterocycles. The first-order valence-electron chi connectivity index (χ1n) is 14.0. The van der Waals surface area contributed by atoms with Gasteiger partial charge in [-0.25, -0.2) is 0 Å². The highest BCUT2D eigenvalue weighted by Gasteiger charge is 2.47. The summed E-state index contributed by atoms with van der Waals surface area (Å²) >= 11 is 1.65. The van der Waals surface area contributed by atoms with Crippen molar-refractivity contribution in [1.82, 2.24) is 15.1 Å². The van der Waals surface area contributed by atoms with Crippen molar-refractivity contribution in [1.29, 1.82) is 0 Å². The Morgan fingerprint density at radius 1 is 1.03 bits per heavy atom. The first-order chi connectivity index (χ1) is 18.5. The maximum atomic E-state index is 13.9. The molecule has 1 fully saturated rings. The summed E-state index contributed by atoms with van der Waals surface area (Å²) in [5.41, 5.74) is 2.84. The molecule has 2 heterocycles. The van der Waals surface area contributed by atoms with Gasteiger partial charge in [0.1, 0.15) is 0 Å². The normalized spacial score (nSPS) is 19.8. The molecule has 1 aliphatic heterocycles. The molecule has 1 N–H and O–H groups in total. The molecule has 2 aromatic carbocycles. The van der Waals surface area contributed by atoms with E-state index in [2.05, 4.69) is 64.7 Å². The van der Waals surface area contributed by atoms with Crippen molar-refractivity contribution in [3.05, 3.63) is 93.7 Å². The zero-order valence-electron chi connectivity index (χ0n) is 22.5. The van der Waals surface area contributed by atoms with E-state index in [-0.39, 0.29) is 23.9 Å². The molecular formula is C32H39N3O2S. The second kappa shape index (κ2) is 12.3. The predicted molar refractivity (Wildman–Crippen MR) is 154 cm³/mol. The molecule has 0 bridgehead atoms. The standard InChI is InChI=1S/C32H39N3O2S/c1-23(2)34(22-24-12-4-3-5-13-24)20-11-19-33-31(36)29-26-16-8-9-17-27(26)32(37)35(25-14-6-7-15-25)30(29)28-18-10-21-38-28/h3-5,8-10,12-13,16-18,21,23,25,29-30H,6-7,11,14-15,19-20,22H2,1-2H3,(H,33,36)/t29-,30-/m0/s1. The van der Waals surface area contributed by atoms with Gasteiger partial charge in [0.05, 0.1) is 12.0 Å². The maximum absolute atomic E-state index is 13.9. The second-order valence-electron chi connectivity index (χ2n) is 10.9. The number of carbonyl (C=O) groups is 2. The molecule has 1 saturated carbocycles. The van der Waals surface area contributed by atoms with Crippen molar-refractivity contribution in [3.8, 4) is 0 Å². The van der Waals surface area contributed by atoms with E-state index >= 15 is 0 Å². The van der Waals surface area contributed by atoms with Crippen LogP contribution in [0.3, 0.4) is 0 Å². The Bertz CT molecular complexity index is 1200. The Morgan fingerprint density at radius 2 is 1.76 bits per heavy atom. The number of nitrogens with zero attached hydrogens (tertiary/aromatic N) is 2. The summed E-state index contributed by atoms with van der Waals surface area (Å²) in [6.07, 6.45) is 5.17. The molecule has 0 radical (unpaired) electrons. The van der Waals surface area contributed by atoms with Gasteiger partial charge in [-0.15, -0.1) is 11.3 Å². The van der Waals surface area contributed by atoms with Crippen LogP contribution in [-0.4, -0.2) is 46.8 Å². The number of hydrogen-bond acceptors (Lipinski definition) is 4. The fraction of sp³-hybridized carbons (Fsp3) is 0.438. The van der Waals surface area contributed by atoms with Gasteiger partial charge >= 0.3 is 0 Å². The van der Waals surface area contributed by atoms with Gasteiger partial charge in [0.15, 0.2) is 0 Å². The highest BCUT2D eigenvalue weighted by atomic mass is 32.1. The van der Waals surface area contributed by atoms with Gasteiger partial charge < -0.3 is 10.2 Å². The summed E-state index contributed by atoms with van der Waals surface area (Å²) in [6.45, 7) is 6.88. The number of rotatable bonds is 10. The van der Waals surface area contributed by atoms with Gasteiger partial charge in [-0.1, -0.05) is 67.4 Å². The highest BCUT2D eigenvalue weighted by Crippen LogP contribution is 2.47. The monoisotopic (exact) mass is 529 g/mol. The van der Waals surface area contributed by atoms with Crippen molar-refractivity contribution < 1.29 is 9.59 Å². The van der Waals surface area contributed by atoms with Gasteiger partial charge in [0.25, 0.3) is 5.91 Å². The van der Waals surface area contributed by atoms with E-state index in [0.29, 0.717) is 18.2 Å². The van der Waals surface area contributed by atoms with E-state index in [1.165, 1.54) is 5.56 Å². The van der Waals surface area contributed by atoms with Gasteiger partial charge in [-0.2, -0.15) is 0 Å². The van der Waals surface area contributed by atoms with Crippen LogP contribution in [-0.2, 0) is 11.3 Å². The van der Waals surface area contributed by atoms with Crippen molar-refractivity contribution in [3.63, 3.8) is 0 Å². The van der Waals surface area contributed by atoms with Crippen molar-refractivity contribution in [2.24, 2.45) is 0 Å². The van der Waals surface area contributed by atoms with E-state index in [1.54, 1.807) is 11.3 Å². The zero-order chi connectivity index (χ0) is 26.5. The summed E-state index contributed by atoms with van der Waals surface area (Å²) in [7, 11) is 0. The third kappa shape index (κ3) is 5.71. The SMILES string of the molecule is CC(C)N(CCCNC(=O)[C@H]1c2ccccc2C(=O)N(C2CCCC2)[C@H]1c1cccs1)Cc1ccccc1. The van der Waals surface area contributed by atoms with Crippen LogP contribution < -0.4 is 5.32 Å². The molecule has 0 spiro atoms. The zero-order valence-corrected chi connectivity index (χ0v) is 23.3. The topological polar surface area (TPSA) is 52.7 Å².